The molecule has 7 nitrogen and oxygen atoms in total. The van der Waals surface area contributed by atoms with E-state index in [0.717, 1.165) is 37.2 Å². The van der Waals surface area contributed by atoms with E-state index in [0.29, 0.717) is 41.3 Å². The Morgan fingerprint density at radius 3 is 2.68 bits per heavy atom. The van der Waals surface area contributed by atoms with Gasteiger partial charge in [-0.05, 0) is 37.3 Å². The molecule has 3 amide bonds. The molecule has 0 radical (unpaired) electrons. The first kappa shape index (κ1) is 23.3. The Morgan fingerprint density at radius 1 is 1.18 bits per heavy atom. The summed E-state index contributed by atoms with van der Waals surface area (Å²) in [5.74, 6) is 0.718. The summed E-state index contributed by atoms with van der Waals surface area (Å²) in [6, 6.07) is 6.26. The van der Waals surface area contributed by atoms with Crippen LogP contribution in [0.25, 0.3) is 0 Å². The SMILES string of the molecule is CC(=O)N1CC(CCC(=O)N2CCC3(C2)CN(C(=O)Cc2ncc(Cl)s2)c2ccc(C)cc23)C1. The van der Waals surface area contributed by atoms with Crippen molar-refractivity contribution in [1.29, 1.82) is 0 Å². The van der Waals surface area contributed by atoms with E-state index in [4.69, 9.17) is 11.6 Å². The van der Waals surface area contributed by atoms with Crippen molar-refractivity contribution in [2.75, 3.05) is 37.6 Å². The van der Waals surface area contributed by atoms with Gasteiger partial charge in [0.2, 0.25) is 17.7 Å². The van der Waals surface area contributed by atoms with Gasteiger partial charge in [-0.1, -0.05) is 29.3 Å². The number of fused-ring (bicyclic) bond motifs is 2. The minimum atomic E-state index is -0.227. The lowest BCUT2D eigenvalue weighted by Gasteiger charge is -2.38. The average Bonchev–Trinajstić information content (AvgIpc) is 3.45. The van der Waals surface area contributed by atoms with Crippen molar-refractivity contribution in [2.24, 2.45) is 5.92 Å². The van der Waals surface area contributed by atoms with Gasteiger partial charge >= 0.3 is 0 Å². The number of benzene rings is 1. The van der Waals surface area contributed by atoms with Crippen LogP contribution < -0.4 is 4.90 Å². The second-order valence-corrected chi connectivity index (χ2v) is 11.7. The molecule has 4 heterocycles. The van der Waals surface area contributed by atoms with Gasteiger partial charge in [0.25, 0.3) is 0 Å². The number of amides is 3. The van der Waals surface area contributed by atoms with E-state index in [1.54, 1.807) is 13.1 Å². The van der Waals surface area contributed by atoms with E-state index in [-0.39, 0.29) is 29.6 Å². The number of anilines is 1. The Labute approximate surface area is 208 Å². The first-order valence-corrected chi connectivity index (χ1v) is 13.0. The largest absolute Gasteiger partial charge is 0.342 e. The standard InChI is InChI=1S/C25H29ClN4O3S/c1-16-3-5-20-19(9-16)25(15-30(20)24(33)10-22-27-11-21(26)34-22)7-8-28(14-25)23(32)6-4-18-12-29(13-18)17(2)31/h3,5,9,11,18H,4,6-8,10,12-15H2,1-2H3. The van der Waals surface area contributed by atoms with Gasteiger partial charge in [-0.2, -0.15) is 0 Å². The molecule has 3 aliphatic rings. The summed E-state index contributed by atoms with van der Waals surface area (Å²) >= 11 is 7.34. The number of rotatable bonds is 5. The van der Waals surface area contributed by atoms with Crippen molar-refractivity contribution in [3.05, 3.63) is 44.9 Å². The Morgan fingerprint density at radius 2 is 1.97 bits per heavy atom. The molecular weight excluding hydrogens is 472 g/mol. The molecule has 1 atom stereocenters. The molecule has 0 aliphatic carbocycles. The van der Waals surface area contributed by atoms with Crippen LogP contribution in [0.5, 0.6) is 0 Å². The van der Waals surface area contributed by atoms with E-state index in [1.165, 1.54) is 16.9 Å². The third-order valence-corrected chi connectivity index (χ3v) is 8.59. The smallest absolute Gasteiger partial charge is 0.233 e. The molecule has 1 unspecified atom stereocenters. The summed E-state index contributed by atoms with van der Waals surface area (Å²) < 4.78 is 0.581. The van der Waals surface area contributed by atoms with Gasteiger partial charge in [-0.15, -0.1) is 11.3 Å². The second kappa shape index (κ2) is 8.96. The molecule has 180 valence electrons. The highest BCUT2D eigenvalue weighted by Gasteiger charge is 2.49. The maximum absolute atomic E-state index is 13.3. The van der Waals surface area contributed by atoms with Crippen molar-refractivity contribution in [1.82, 2.24) is 14.8 Å². The van der Waals surface area contributed by atoms with Crippen LogP contribution in [0.3, 0.4) is 0 Å². The Kier molecular flexibility index (Phi) is 6.14. The number of aromatic nitrogens is 1. The van der Waals surface area contributed by atoms with E-state index in [9.17, 15) is 14.4 Å². The van der Waals surface area contributed by atoms with Gasteiger partial charge in [0, 0.05) is 57.2 Å². The maximum Gasteiger partial charge on any atom is 0.233 e. The van der Waals surface area contributed by atoms with Crippen molar-refractivity contribution in [3.8, 4) is 0 Å². The van der Waals surface area contributed by atoms with Gasteiger partial charge in [-0.25, -0.2) is 4.98 Å². The topological polar surface area (TPSA) is 73.8 Å². The number of likely N-dealkylation sites (tertiary alicyclic amines) is 2. The number of hydrogen-bond donors (Lipinski definition) is 0. The molecule has 1 spiro atoms. The van der Waals surface area contributed by atoms with E-state index in [1.807, 2.05) is 26.8 Å². The lowest BCUT2D eigenvalue weighted by molar-refractivity contribution is -0.135. The molecule has 1 aromatic carbocycles. The fourth-order valence-corrected chi connectivity index (χ4v) is 6.48. The summed E-state index contributed by atoms with van der Waals surface area (Å²) in [5.41, 5.74) is 3.05. The van der Waals surface area contributed by atoms with E-state index in [2.05, 4.69) is 18.0 Å². The second-order valence-electron chi connectivity index (χ2n) is 9.91. The molecule has 0 N–H and O–H groups in total. The molecule has 34 heavy (non-hydrogen) atoms. The van der Waals surface area contributed by atoms with Crippen molar-refractivity contribution < 1.29 is 14.4 Å². The number of halogens is 1. The van der Waals surface area contributed by atoms with Crippen LogP contribution in [0.15, 0.2) is 24.4 Å². The molecular formula is C25H29ClN4O3S. The molecule has 2 saturated heterocycles. The number of carbonyl (C=O) groups excluding carboxylic acids is 3. The number of thiazole rings is 1. The van der Waals surface area contributed by atoms with Crippen LogP contribution in [0.2, 0.25) is 4.34 Å². The molecule has 2 aromatic rings. The number of aryl methyl sites for hydroxylation is 1. The third-order valence-electron chi connectivity index (χ3n) is 7.48. The fourth-order valence-electron chi connectivity index (χ4n) is 5.53. The van der Waals surface area contributed by atoms with Crippen molar-refractivity contribution >= 4 is 46.3 Å². The number of nitrogens with zero attached hydrogens (tertiary/aromatic N) is 4. The molecule has 0 saturated carbocycles. The molecule has 9 heteroatoms. The van der Waals surface area contributed by atoms with Crippen molar-refractivity contribution in [3.63, 3.8) is 0 Å². The van der Waals surface area contributed by atoms with Gasteiger partial charge in [-0.3, -0.25) is 14.4 Å². The molecule has 0 bridgehead atoms. The predicted octanol–water partition coefficient (Wildman–Crippen LogP) is 3.42. The van der Waals surface area contributed by atoms with Crippen LogP contribution in [0, 0.1) is 12.8 Å². The van der Waals surface area contributed by atoms with Crippen LogP contribution in [-0.4, -0.2) is 65.2 Å². The van der Waals surface area contributed by atoms with Crippen LogP contribution in [-0.2, 0) is 26.2 Å². The summed E-state index contributed by atoms with van der Waals surface area (Å²) in [6.07, 6.45) is 3.99. The summed E-state index contributed by atoms with van der Waals surface area (Å²) in [4.78, 5) is 47.6. The van der Waals surface area contributed by atoms with Crippen LogP contribution >= 0.6 is 22.9 Å². The average molecular weight is 501 g/mol. The Bertz CT molecular complexity index is 1140. The Balaban J connectivity index is 1.27. The molecule has 5 rings (SSSR count). The quantitative estimate of drug-likeness (QED) is 0.630. The molecule has 3 aliphatic heterocycles. The third kappa shape index (κ3) is 4.33. The fraction of sp³-hybridized carbons (Fsp3) is 0.520. The lowest BCUT2D eigenvalue weighted by atomic mass is 9.81. The lowest BCUT2D eigenvalue weighted by Crippen LogP contribution is -2.49. The zero-order valence-corrected chi connectivity index (χ0v) is 21.1. The first-order valence-electron chi connectivity index (χ1n) is 11.8. The van der Waals surface area contributed by atoms with Crippen LogP contribution in [0.4, 0.5) is 5.69 Å². The van der Waals surface area contributed by atoms with E-state index >= 15 is 0 Å². The highest BCUT2D eigenvalue weighted by atomic mass is 35.5. The number of carbonyl (C=O) groups is 3. The van der Waals surface area contributed by atoms with Gasteiger partial charge < -0.3 is 14.7 Å². The van der Waals surface area contributed by atoms with E-state index < -0.39 is 0 Å². The summed E-state index contributed by atoms with van der Waals surface area (Å²) in [6.45, 7) is 7.12. The molecule has 1 aromatic heterocycles. The zero-order valence-electron chi connectivity index (χ0n) is 19.6. The highest BCUT2D eigenvalue weighted by molar-refractivity contribution is 7.15. The summed E-state index contributed by atoms with van der Waals surface area (Å²) in [7, 11) is 0. The zero-order chi connectivity index (χ0) is 24.0. The minimum absolute atomic E-state index is 0.0118. The van der Waals surface area contributed by atoms with Crippen molar-refractivity contribution in [2.45, 2.75) is 44.9 Å². The molecule has 2 fully saturated rings. The predicted molar refractivity (Wildman–Crippen MR) is 132 cm³/mol. The van der Waals surface area contributed by atoms with Crippen LogP contribution in [0.1, 0.15) is 42.3 Å². The van der Waals surface area contributed by atoms with Gasteiger partial charge in [0.05, 0.1) is 12.6 Å². The van der Waals surface area contributed by atoms with Gasteiger partial charge in [0.1, 0.15) is 9.34 Å². The number of hydrogen-bond acceptors (Lipinski definition) is 5. The first-order chi connectivity index (χ1) is 16.2. The normalized spacial score (nSPS) is 21.8. The van der Waals surface area contributed by atoms with Gasteiger partial charge in [0.15, 0.2) is 0 Å². The monoisotopic (exact) mass is 500 g/mol. The highest BCUT2D eigenvalue weighted by Crippen LogP contribution is 2.47. The summed E-state index contributed by atoms with van der Waals surface area (Å²) in [5, 5.41) is 0.715. The Hall–Kier alpha value is -2.45. The maximum atomic E-state index is 13.3. The minimum Gasteiger partial charge on any atom is -0.342 e.